The first kappa shape index (κ1) is 13.1. The van der Waals surface area contributed by atoms with Crippen LogP contribution in [0.5, 0.6) is 17.2 Å². The first-order valence-electron chi connectivity index (χ1n) is 6.38. The van der Waals surface area contributed by atoms with E-state index in [4.69, 9.17) is 9.15 Å². The number of phenols is 1. The number of benzene rings is 2. The molecule has 21 heavy (non-hydrogen) atoms. The van der Waals surface area contributed by atoms with Gasteiger partial charge in [0.05, 0.1) is 12.5 Å². The topological polar surface area (TPSA) is 62.8 Å². The highest BCUT2D eigenvalue weighted by Gasteiger charge is 2.17. The molecule has 1 aromatic heterocycles. The predicted octanol–water partition coefficient (Wildman–Crippen LogP) is 3.91. The molecule has 3 rings (SSSR count). The van der Waals surface area contributed by atoms with Gasteiger partial charge in [-0.05, 0) is 29.8 Å². The third kappa shape index (κ3) is 2.21. The normalized spacial score (nSPS) is 10.7. The lowest BCUT2D eigenvalue weighted by Gasteiger charge is -2.03. The van der Waals surface area contributed by atoms with Crippen molar-refractivity contribution in [3.63, 3.8) is 0 Å². The molecule has 0 amide bonds. The Bertz CT molecular complexity index is 813. The number of hydrogen-bond donors (Lipinski definition) is 2. The minimum absolute atomic E-state index is 0.0470. The summed E-state index contributed by atoms with van der Waals surface area (Å²) in [5.41, 5.74) is 1.83. The Hall–Kier alpha value is -2.88. The first-order valence-corrected chi connectivity index (χ1v) is 6.38. The van der Waals surface area contributed by atoms with Gasteiger partial charge in [-0.3, -0.25) is 0 Å². The molecule has 0 saturated carbocycles. The highest BCUT2D eigenvalue weighted by Crippen LogP contribution is 2.39. The Labute approximate surface area is 121 Å². The molecule has 106 valence electrons. The van der Waals surface area contributed by atoms with Crippen LogP contribution < -0.4 is 4.74 Å². The highest BCUT2D eigenvalue weighted by atomic mass is 16.5. The summed E-state index contributed by atoms with van der Waals surface area (Å²) in [5.74, 6) is 1.18. The summed E-state index contributed by atoms with van der Waals surface area (Å²) in [6, 6.07) is 11.7. The largest absolute Gasteiger partial charge is 0.508 e. The standard InChI is InChI=1S/C17H14O4/c1-10(11-3-5-12(18)6-4-11)17-16(19)14-8-7-13(20-2)9-15(14)21-17/h3-9,18-19H,1H2,2H3. The molecule has 0 atom stereocenters. The number of phenolic OH excluding ortho intramolecular Hbond substituents is 1. The third-order valence-electron chi connectivity index (χ3n) is 3.36. The minimum Gasteiger partial charge on any atom is -0.508 e. The van der Waals surface area contributed by atoms with Gasteiger partial charge in [-0.25, -0.2) is 0 Å². The number of aromatic hydroxyl groups is 2. The van der Waals surface area contributed by atoms with Gasteiger partial charge in [0.25, 0.3) is 0 Å². The van der Waals surface area contributed by atoms with Gasteiger partial charge in [-0.1, -0.05) is 18.7 Å². The van der Waals surface area contributed by atoms with E-state index in [1.54, 1.807) is 49.6 Å². The van der Waals surface area contributed by atoms with Crippen molar-refractivity contribution in [3.05, 3.63) is 60.4 Å². The van der Waals surface area contributed by atoms with Gasteiger partial charge in [0.2, 0.25) is 0 Å². The summed E-state index contributed by atoms with van der Waals surface area (Å²) in [6.45, 7) is 3.96. The second-order valence-electron chi connectivity index (χ2n) is 4.67. The maximum absolute atomic E-state index is 10.3. The molecular formula is C17H14O4. The van der Waals surface area contributed by atoms with E-state index in [0.717, 1.165) is 5.56 Å². The van der Waals surface area contributed by atoms with Crippen LogP contribution in [0.15, 0.2) is 53.5 Å². The Kier molecular flexibility index (Phi) is 3.06. The summed E-state index contributed by atoms with van der Waals surface area (Å²) >= 11 is 0. The quantitative estimate of drug-likeness (QED) is 0.764. The van der Waals surface area contributed by atoms with Crippen LogP contribution in [0.25, 0.3) is 16.5 Å². The van der Waals surface area contributed by atoms with Crippen molar-refractivity contribution in [2.75, 3.05) is 7.11 Å². The van der Waals surface area contributed by atoms with Gasteiger partial charge in [0.1, 0.15) is 17.1 Å². The van der Waals surface area contributed by atoms with Crippen molar-refractivity contribution >= 4 is 16.5 Å². The second-order valence-corrected chi connectivity index (χ2v) is 4.67. The maximum Gasteiger partial charge on any atom is 0.177 e. The average Bonchev–Trinajstić information content (AvgIpc) is 2.83. The van der Waals surface area contributed by atoms with Gasteiger partial charge in [0.15, 0.2) is 11.5 Å². The molecule has 4 heteroatoms. The molecule has 0 aliphatic heterocycles. The lowest BCUT2D eigenvalue weighted by molar-refractivity contribution is 0.414. The number of rotatable bonds is 3. The van der Waals surface area contributed by atoms with Gasteiger partial charge in [-0.2, -0.15) is 0 Å². The van der Waals surface area contributed by atoms with Crippen LogP contribution in [-0.2, 0) is 0 Å². The molecule has 0 bridgehead atoms. The van der Waals surface area contributed by atoms with E-state index in [1.165, 1.54) is 0 Å². The van der Waals surface area contributed by atoms with Gasteiger partial charge in [-0.15, -0.1) is 0 Å². The molecular weight excluding hydrogens is 268 g/mol. The summed E-state index contributed by atoms with van der Waals surface area (Å²) in [6.07, 6.45) is 0. The van der Waals surface area contributed by atoms with E-state index >= 15 is 0 Å². The van der Waals surface area contributed by atoms with E-state index < -0.39 is 0 Å². The zero-order chi connectivity index (χ0) is 15.0. The maximum atomic E-state index is 10.3. The van der Waals surface area contributed by atoms with Crippen molar-refractivity contribution in [1.29, 1.82) is 0 Å². The molecule has 0 fully saturated rings. The van der Waals surface area contributed by atoms with Crippen molar-refractivity contribution in [2.45, 2.75) is 0 Å². The molecule has 1 heterocycles. The number of ether oxygens (including phenoxy) is 1. The Morgan fingerprint density at radius 3 is 2.48 bits per heavy atom. The summed E-state index contributed by atoms with van der Waals surface area (Å²) in [5, 5.41) is 20.2. The lowest BCUT2D eigenvalue weighted by atomic mass is 10.0. The first-order chi connectivity index (χ1) is 10.1. The van der Waals surface area contributed by atoms with E-state index in [2.05, 4.69) is 6.58 Å². The van der Waals surface area contributed by atoms with E-state index in [0.29, 0.717) is 28.1 Å². The molecule has 0 radical (unpaired) electrons. The van der Waals surface area contributed by atoms with E-state index in [1.807, 2.05) is 0 Å². The van der Waals surface area contributed by atoms with Crippen LogP contribution in [0.1, 0.15) is 11.3 Å². The zero-order valence-corrected chi connectivity index (χ0v) is 11.5. The Morgan fingerprint density at radius 1 is 1.10 bits per heavy atom. The Morgan fingerprint density at radius 2 is 1.81 bits per heavy atom. The fourth-order valence-corrected chi connectivity index (χ4v) is 2.19. The monoisotopic (exact) mass is 282 g/mol. The van der Waals surface area contributed by atoms with Crippen LogP contribution >= 0.6 is 0 Å². The molecule has 2 aromatic carbocycles. The predicted molar refractivity (Wildman–Crippen MR) is 80.7 cm³/mol. The van der Waals surface area contributed by atoms with E-state index in [-0.39, 0.29) is 11.5 Å². The zero-order valence-electron chi connectivity index (χ0n) is 11.5. The van der Waals surface area contributed by atoms with Gasteiger partial charge < -0.3 is 19.4 Å². The third-order valence-corrected chi connectivity index (χ3v) is 3.36. The number of methoxy groups -OCH3 is 1. The van der Waals surface area contributed by atoms with Crippen molar-refractivity contribution in [2.24, 2.45) is 0 Å². The molecule has 4 nitrogen and oxygen atoms in total. The van der Waals surface area contributed by atoms with Crippen molar-refractivity contribution < 1.29 is 19.4 Å². The smallest absolute Gasteiger partial charge is 0.177 e. The van der Waals surface area contributed by atoms with Crippen molar-refractivity contribution in [3.8, 4) is 17.2 Å². The van der Waals surface area contributed by atoms with Crippen molar-refractivity contribution in [1.82, 2.24) is 0 Å². The fourth-order valence-electron chi connectivity index (χ4n) is 2.19. The molecule has 0 spiro atoms. The highest BCUT2D eigenvalue weighted by molar-refractivity contribution is 5.92. The number of fused-ring (bicyclic) bond motifs is 1. The summed E-state index contributed by atoms with van der Waals surface area (Å²) in [7, 11) is 1.57. The summed E-state index contributed by atoms with van der Waals surface area (Å²) in [4.78, 5) is 0. The lowest BCUT2D eigenvalue weighted by Crippen LogP contribution is -1.83. The van der Waals surface area contributed by atoms with Gasteiger partial charge >= 0.3 is 0 Å². The molecule has 2 N–H and O–H groups in total. The molecule has 0 saturated heterocycles. The summed E-state index contributed by atoms with van der Waals surface area (Å²) < 4.78 is 10.8. The second kappa shape index (κ2) is 4.90. The fraction of sp³-hybridized carbons (Fsp3) is 0.0588. The van der Waals surface area contributed by atoms with Crippen LogP contribution in [0.4, 0.5) is 0 Å². The molecule has 3 aromatic rings. The van der Waals surface area contributed by atoms with E-state index in [9.17, 15) is 10.2 Å². The SMILES string of the molecule is C=C(c1ccc(O)cc1)c1oc2cc(OC)ccc2c1O. The van der Waals surface area contributed by atoms with Crippen LogP contribution in [0.3, 0.4) is 0 Å². The molecule has 0 aliphatic carbocycles. The van der Waals surface area contributed by atoms with Crippen LogP contribution in [0, 0.1) is 0 Å². The Balaban J connectivity index is 2.09. The van der Waals surface area contributed by atoms with Crippen LogP contribution in [-0.4, -0.2) is 17.3 Å². The number of furan rings is 1. The van der Waals surface area contributed by atoms with Crippen LogP contribution in [0.2, 0.25) is 0 Å². The minimum atomic E-state index is 0.0470. The molecule has 0 unspecified atom stereocenters. The molecule has 0 aliphatic rings. The number of hydrogen-bond acceptors (Lipinski definition) is 4. The average molecular weight is 282 g/mol. The van der Waals surface area contributed by atoms with Gasteiger partial charge in [0, 0.05) is 11.6 Å².